The number of carbonyl (C=O) groups is 3. The Labute approximate surface area is 223 Å². The number of benzene rings is 3. The highest BCUT2D eigenvalue weighted by Gasteiger charge is 2.46. The summed E-state index contributed by atoms with van der Waals surface area (Å²) in [7, 11) is 2.41. The van der Waals surface area contributed by atoms with Gasteiger partial charge in [0.1, 0.15) is 22.7 Å². The summed E-state index contributed by atoms with van der Waals surface area (Å²) >= 11 is 0. The normalized spacial score (nSPS) is 15.9. The first-order valence-electron chi connectivity index (χ1n) is 12.2. The van der Waals surface area contributed by atoms with Gasteiger partial charge in [-0.2, -0.15) is 0 Å². The summed E-state index contributed by atoms with van der Waals surface area (Å²) in [6, 6.07) is 25.0. The quantitative estimate of drug-likeness (QED) is 0.355. The summed E-state index contributed by atoms with van der Waals surface area (Å²) in [5.74, 6) is -1.96. The number of hydrogen-bond acceptors (Lipinski definition) is 7. The molecule has 0 saturated carbocycles. The molecule has 1 amide bonds. The van der Waals surface area contributed by atoms with Crippen molar-refractivity contribution in [1.82, 2.24) is 9.88 Å². The highest BCUT2D eigenvalue weighted by Crippen LogP contribution is 2.51. The number of hydrogen-bond donors (Lipinski definition) is 0. The van der Waals surface area contributed by atoms with Gasteiger partial charge in [-0.25, -0.2) is 9.59 Å². The van der Waals surface area contributed by atoms with Gasteiger partial charge in [-0.3, -0.25) is 14.7 Å². The summed E-state index contributed by atoms with van der Waals surface area (Å²) < 4.78 is 17.0. The maximum Gasteiger partial charge on any atom is 0.355 e. The molecule has 8 heteroatoms. The van der Waals surface area contributed by atoms with Crippen molar-refractivity contribution in [2.75, 3.05) is 14.2 Å². The van der Waals surface area contributed by atoms with E-state index in [4.69, 9.17) is 14.2 Å². The highest BCUT2D eigenvalue weighted by molar-refractivity contribution is 6.25. The maximum absolute atomic E-state index is 14.2. The molecular weight excluding hydrogens is 496 g/mol. The molecule has 3 aromatic carbocycles. The largest absolute Gasteiger partial charge is 0.465 e. The third-order valence-corrected chi connectivity index (χ3v) is 6.79. The van der Waals surface area contributed by atoms with Crippen LogP contribution < -0.4 is 0 Å². The number of amides is 1. The molecule has 6 rings (SSSR count). The Morgan fingerprint density at radius 1 is 0.795 bits per heavy atom. The fraction of sp³-hybridized carbons (Fsp3) is 0.0968. The molecule has 1 unspecified atom stereocenters. The first-order chi connectivity index (χ1) is 19.0. The summed E-state index contributed by atoms with van der Waals surface area (Å²) in [4.78, 5) is 47.0. The SMILES string of the molecule is COC(=O)C1=C(C(=O)OC)N(C(=O)c2ccccc2)C(c2ccccn2)OC2=C1c1cccc3cccc2c13. The van der Waals surface area contributed by atoms with Gasteiger partial charge in [0.15, 0.2) is 0 Å². The van der Waals surface area contributed by atoms with Crippen LogP contribution in [0.2, 0.25) is 0 Å². The Morgan fingerprint density at radius 2 is 1.49 bits per heavy atom. The number of nitrogens with zero attached hydrogens (tertiary/aromatic N) is 2. The number of esters is 2. The molecule has 1 aliphatic heterocycles. The van der Waals surface area contributed by atoms with Gasteiger partial charge in [0.05, 0.1) is 14.2 Å². The molecule has 2 aliphatic rings. The average Bonchev–Trinajstić information content (AvgIpc) is 3.20. The molecule has 0 fully saturated rings. The summed E-state index contributed by atoms with van der Waals surface area (Å²) in [5, 5.41) is 1.79. The second-order valence-corrected chi connectivity index (χ2v) is 8.89. The number of ether oxygens (including phenoxy) is 3. The predicted molar refractivity (Wildman–Crippen MR) is 142 cm³/mol. The van der Waals surface area contributed by atoms with Crippen molar-refractivity contribution < 1.29 is 28.6 Å². The molecule has 1 atom stereocenters. The minimum Gasteiger partial charge on any atom is -0.465 e. The minimum absolute atomic E-state index is 0.134. The van der Waals surface area contributed by atoms with Crippen molar-refractivity contribution in [3.05, 3.63) is 125 Å². The number of methoxy groups -OCH3 is 2. The van der Waals surface area contributed by atoms with E-state index in [1.165, 1.54) is 14.2 Å². The molecule has 1 aliphatic carbocycles. The molecule has 0 saturated heterocycles. The molecule has 0 spiro atoms. The zero-order valence-electron chi connectivity index (χ0n) is 21.1. The van der Waals surface area contributed by atoms with Gasteiger partial charge in [-0.15, -0.1) is 0 Å². The molecule has 4 aromatic rings. The highest BCUT2D eigenvalue weighted by atomic mass is 16.5. The van der Waals surface area contributed by atoms with Crippen LogP contribution in [0.15, 0.2) is 102 Å². The topological polar surface area (TPSA) is 95.0 Å². The van der Waals surface area contributed by atoms with E-state index in [9.17, 15) is 14.4 Å². The van der Waals surface area contributed by atoms with E-state index in [0.717, 1.165) is 21.2 Å². The van der Waals surface area contributed by atoms with Crippen LogP contribution in [0.5, 0.6) is 0 Å². The zero-order chi connectivity index (χ0) is 27.1. The molecule has 2 heterocycles. The van der Waals surface area contributed by atoms with E-state index >= 15 is 0 Å². The lowest BCUT2D eigenvalue weighted by molar-refractivity contribution is -0.141. The molecule has 8 nitrogen and oxygen atoms in total. The third-order valence-electron chi connectivity index (χ3n) is 6.79. The van der Waals surface area contributed by atoms with Crippen molar-refractivity contribution >= 4 is 40.0 Å². The Kier molecular flexibility index (Phi) is 5.92. The average molecular weight is 519 g/mol. The van der Waals surface area contributed by atoms with Crippen molar-refractivity contribution in [1.29, 1.82) is 0 Å². The second-order valence-electron chi connectivity index (χ2n) is 8.89. The first kappa shape index (κ1) is 24.1. The van der Waals surface area contributed by atoms with Gasteiger partial charge in [-0.1, -0.05) is 60.7 Å². The molecule has 1 aromatic heterocycles. The Bertz CT molecular complexity index is 1700. The molecule has 0 bridgehead atoms. The van der Waals surface area contributed by atoms with Crippen molar-refractivity contribution in [3.8, 4) is 0 Å². The lowest BCUT2D eigenvalue weighted by Crippen LogP contribution is -2.39. The second kappa shape index (κ2) is 9.57. The van der Waals surface area contributed by atoms with Crippen LogP contribution in [0, 0.1) is 0 Å². The third kappa shape index (κ3) is 3.76. The van der Waals surface area contributed by atoms with E-state index in [-0.39, 0.29) is 16.8 Å². The fourth-order valence-electron chi connectivity index (χ4n) is 5.13. The number of fused-ring (bicyclic) bond motifs is 2. The smallest absolute Gasteiger partial charge is 0.355 e. The lowest BCUT2D eigenvalue weighted by atomic mass is 9.95. The number of rotatable bonds is 4. The van der Waals surface area contributed by atoms with Crippen molar-refractivity contribution in [3.63, 3.8) is 0 Å². The van der Waals surface area contributed by atoms with Crippen LogP contribution >= 0.6 is 0 Å². The van der Waals surface area contributed by atoms with Crippen molar-refractivity contribution in [2.24, 2.45) is 0 Å². The summed E-state index contributed by atoms with van der Waals surface area (Å²) in [6.07, 6.45) is 0.349. The van der Waals surface area contributed by atoms with Crippen molar-refractivity contribution in [2.45, 2.75) is 6.23 Å². The number of pyridine rings is 1. The molecular formula is C31H22N2O6. The Balaban J connectivity index is 1.73. The Hall–Kier alpha value is -5.24. The molecule has 39 heavy (non-hydrogen) atoms. The van der Waals surface area contributed by atoms with Crippen LogP contribution in [0.4, 0.5) is 0 Å². The minimum atomic E-state index is -1.22. The van der Waals surface area contributed by atoms with Gasteiger partial charge < -0.3 is 14.2 Å². The van der Waals surface area contributed by atoms with Gasteiger partial charge >= 0.3 is 11.9 Å². The van der Waals surface area contributed by atoms with E-state index in [0.29, 0.717) is 22.6 Å². The van der Waals surface area contributed by atoms with Gasteiger partial charge in [-0.05, 0) is 35.2 Å². The van der Waals surface area contributed by atoms with E-state index in [1.54, 1.807) is 54.7 Å². The van der Waals surface area contributed by atoms with E-state index in [2.05, 4.69) is 4.98 Å². The fourth-order valence-corrected chi connectivity index (χ4v) is 5.13. The van der Waals surface area contributed by atoms with E-state index in [1.807, 2.05) is 36.4 Å². The monoisotopic (exact) mass is 518 g/mol. The summed E-state index contributed by atoms with van der Waals surface area (Å²) in [5.41, 5.74) is 1.93. The Morgan fingerprint density at radius 3 is 2.15 bits per heavy atom. The van der Waals surface area contributed by atoms with Crippen LogP contribution in [0.25, 0.3) is 22.1 Å². The number of aromatic nitrogens is 1. The lowest BCUT2D eigenvalue weighted by Gasteiger charge is -2.31. The van der Waals surface area contributed by atoms with Gasteiger partial charge in [0, 0.05) is 28.3 Å². The van der Waals surface area contributed by atoms with E-state index < -0.39 is 24.1 Å². The predicted octanol–water partition coefficient (Wildman–Crippen LogP) is 4.89. The molecule has 0 radical (unpaired) electrons. The van der Waals surface area contributed by atoms with Crippen LogP contribution in [0.1, 0.15) is 33.4 Å². The van der Waals surface area contributed by atoms with Crippen LogP contribution in [0.3, 0.4) is 0 Å². The zero-order valence-corrected chi connectivity index (χ0v) is 21.1. The van der Waals surface area contributed by atoms with Crippen LogP contribution in [-0.2, 0) is 23.8 Å². The molecule has 0 N–H and O–H groups in total. The van der Waals surface area contributed by atoms with Gasteiger partial charge in [0.25, 0.3) is 5.91 Å². The number of carbonyl (C=O) groups excluding carboxylic acids is 3. The maximum atomic E-state index is 14.2. The van der Waals surface area contributed by atoms with Gasteiger partial charge in [0.2, 0.25) is 6.23 Å². The summed E-state index contributed by atoms with van der Waals surface area (Å²) in [6.45, 7) is 0. The van der Waals surface area contributed by atoms with Crippen LogP contribution in [-0.4, -0.2) is 41.9 Å². The standard InChI is InChI=1S/C31H22N2O6/c1-37-30(35)25-24-20-14-8-12-18-13-9-15-21(23(18)20)27(24)39-29(22-16-6-7-17-32-22)33(26(25)31(36)38-2)28(34)19-10-4-3-5-11-19/h3-17,29H,1-2H3. The molecule has 192 valence electrons. The first-order valence-corrected chi connectivity index (χ1v) is 12.2.